The number of hydrogen-bond acceptors (Lipinski definition) is 3. The molecule has 0 aromatic carbocycles. The van der Waals surface area contributed by atoms with Crippen LogP contribution >= 0.6 is 0 Å². The molecule has 7 atom stereocenters. The van der Waals surface area contributed by atoms with Crippen LogP contribution in [0.15, 0.2) is 12.2 Å². The molecule has 0 unspecified atom stereocenters. The zero-order valence-corrected chi connectivity index (χ0v) is 14.5. The monoisotopic (exact) mass is 316 g/mol. The quantitative estimate of drug-likeness (QED) is 0.746. The molecule has 3 saturated carbocycles. The number of carbonyl (C=O) groups excluding carboxylic acids is 2. The number of rotatable bonds is 0. The highest BCUT2D eigenvalue weighted by atomic mass is 16.3. The second kappa shape index (κ2) is 4.56. The van der Waals surface area contributed by atoms with E-state index in [1.54, 1.807) is 6.08 Å². The van der Waals surface area contributed by atoms with Gasteiger partial charge in [0.05, 0.1) is 5.60 Å². The second-order valence-electron chi connectivity index (χ2n) is 9.27. The van der Waals surface area contributed by atoms with Gasteiger partial charge in [-0.3, -0.25) is 9.59 Å². The Bertz CT molecular complexity index is 604. The van der Waals surface area contributed by atoms with Crippen molar-refractivity contribution in [3.8, 4) is 0 Å². The first-order valence-corrected chi connectivity index (χ1v) is 9.16. The maximum absolute atomic E-state index is 13.2. The van der Waals surface area contributed by atoms with Gasteiger partial charge in [0.2, 0.25) is 0 Å². The van der Waals surface area contributed by atoms with E-state index in [2.05, 4.69) is 13.8 Å². The van der Waals surface area contributed by atoms with E-state index in [0.717, 1.165) is 25.7 Å². The van der Waals surface area contributed by atoms with E-state index in [-0.39, 0.29) is 22.5 Å². The maximum atomic E-state index is 13.2. The zero-order valence-electron chi connectivity index (χ0n) is 14.5. The van der Waals surface area contributed by atoms with Gasteiger partial charge in [-0.05, 0) is 61.9 Å². The van der Waals surface area contributed by atoms with Crippen LogP contribution in [0.2, 0.25) is 0 Å². The molecule has 0 bridgehead atoms. The van der Waals surface area contributed by atoms with Crippen molar-refractivity contribution in [2.45, 2.75) is 64.9 Å². The fourth-order valence-corrected chi connectivity index (χ4v) is 6.67. The Kier molecular flexibility index (Phi) is 3.09. The summed E-state index contributed by atoms with van der Waals surface area (Å²) >= 11 is 0. The van der Waals surface area contributed by atoms with E-state index in [0.29, 0.717) is 36.4 Å². The first kappa shape index (κ1) is 15.6. The SMILES string of the molecule is C[C@]12C=CC(=O)C[C@@H]1CC[C@@H]1[C@@H]2C(=O)C[C@@]2(C)[C@H]1CC[C@]2(C)O. The third kappa shape index (κ3) is 1.86. The number of Topliss-reactive ketones (excluding diaryl/α,β-unsaturated/α-hetero) is 1. The van der Waals surface area contributed by atoms with E-state index in [4.69, 9.17) is 0 Å². The van der Waals surface area contributed by atoms with Gasteiger partial charge in [-0.15, -0.1) is 0 Å². The number of allylic oxidation sites excluding steroid dienone is 2. The smallest absolute Gasteiger partial charge is 0.155 e. The molecule has 1 N–H and O–H groups in total. The summed E-state index contributed by atoms with van der Waals surface area (Å²) in [5, 5.41) is 10.9. The van der Waals surface area contributed by atoms with Gasteiger partial charge in [-0.2, -0.15) is 0 Å². The molecule has 0 amide bonds. The molecule has 0 aromatic heterocycles. The molecular formula is C20H28O3. The summed E-state index contributed by atoms with van der Waals surface area (Å²) in [6.45, 7) is 6.26. The van der Waals surface area contributed by atoms with Gasteiger partial charge in [-0.25, -0.2) is 0 Å². The Morgan fingerprint density at radius 2 is 1.87 bits per heavy atom. The summed E-state index contributed by atoms with van der Waals surface area (Å²) in [5.74, 6) is 1.69. The Labute approximate surface area is 138 Å². The average molecular weight is 316 g/mol. The zero-order chi connectivity index (χ0) is 16.6. The molecule has 3 nitrogen and oxygen atoms in total. The number of ketones is 2. The van der Waals surface area contributed by atoms with Gasteiger partial charge in [-0.1, -0.05) is 19.9 Å². The van der Waals surface area contributed by atoms with E-state index in [9.17, 15) is 14.7 Å². The molecule has 4 rings (SSSR count). The van der Waals surface area contributed by atoms with E-state index in [1.165, 1.54) is 0 Å². The lowest BCUT2D eigenvalue weighted by atomic mass is 9.45. The van der Waals surface area contributed by atoms with Crippen LogP contribution in [0.4, 0.5) is 0 Å². The highest BCUT2D eigenvalue weighted by Gasteiger charge is 2.65. The van der Waals surface area contributed by atoms with Crippen LogP contribution in [0.1, 0.15) is 59.3 Å². The minimum absolute atomic E-state index is 0.0394. The van der Waals surface area contributed by atoms with Crippen LogP contribution < -0.4 is 0 Å². The van der Waals surface area contributed by atoms with Gasteiger partial charge < -0.3 is 5.11 Å². The third-order valence-corrected chi connectivity index (χ3v) is 8.30. The molecule has 4 aliphatic rings. The molecule has 0 spiro atoms. The first-order valence-electron chi connectivity index (χ1n) is 9.16. The lowest BCUT2D eigenvalue weighted by molar-refractivity contribution is -0.162. The molecule has 0 aromatic rings. The van der Waals surface area contributed by atoms with Crippen LogP contribution in [0.3, 0.4) is 0 Å². The molecule has 0 radical (unpaired) electrons. The third-order valence-electron chi connectivity index (χ3n) is 8.30. The van der Waals surface area contributed by atoms with Crippen molar-refractivity contribution in [2.75, 3.05) is 0 Å². The van der Waals surface area contributed by atoms with Crippen LogP contribution in [0, 0.1) is 34.5 Å². The molecule has 0 saturated heterocycles. The summed E-state index contributed by atoms with van der Waals surface area (Å²) < 4.78 is 0. The lowest BCUT2D eigenvalue weighted by Crippen LogP contribution is -2.58. The number of hydrogen-bond donors (Lipinski definition) is 1. The van der Waals surface area contributed by atoms with E-state index >= 15 is 0 Å². The molecule has 23 heavy (non-hydrogen) atoms. The lowest BCUT2D eigenvalue weighted by Gasteiger charge is -2.58. The molecule has 0 aliphatic heterocycles. The maximum Gasteiger partial charge on any atom is 0.155 e. The summed E-state index contributed by atoms with van der Waals surface area (Å²) in [7, 11) is 0. The predicted molar refractivity (Wildman–Crippen MR) is 87.7 cm³/mol. The van der Waals surface area contributed by atoms with E-state index < -0.39 is 5.60 Å². The molecule has 4 aliphatic carbocycles. The van der Waals surface area contributed by atoms with Crippen molar-refractivity contribution >= 4 is 11.6 Å². The Morgan fingerprint density at radius 3 is 2.61 bits per heavy atom. The molecule has 126 valence electrons. The van der Waals surface area contributed by atoms with Gasteiger partial charge in [0.15, 0.2) is 5.78 Å². The Hall–Kier alpha value is -0.960. The molecule has 0 heterocycles. The van der Waals surface area contributed by atoms with Crippen molar-refractivity contribution in [3.63, 3.8) is 0 Å². The van der Waals surface area contributed by atoms with Crippen LogP contribution in [-0.2, 0) is 9.59 Å². The first-order chi connectivity index (χ1) is 10.7. The van der Waals surface area contributed by atoms with Gasteiger partial charge >= 0.3 is 0 Å². The summed E-state index contributed by atoms with van der Waals surface area (Å²) in [5.41, 5.74) is -1.17. The van der Waals surface area contributed by atoms with Crippen LogP contribution in [-0.4, -0.2) is 22.3 Å². The highest BCUT2D eigenvalue weighted by molar-refractivity contribution is 5.92. The fourth-order valence-electron chi connectivity index (χ4n) is 6.67. The van der Waals surface area contributed by atoms with Gasteiger partial charge in [0.1, 0.15) is 5.78 Å². The number of carbonyl (C=O) groups is 2. The standard InChI is InChI=1S/C20H28O3/c1-18-8-6-13(21)10-12(18)4-5-14-15-7-9-20(3,23)19(15,2)11-16(22)17(14)18/h6,8,12,14-15,17,23H,4-5,7,9-11H2,1-3H3/t12-,14-,15-,17+,18-,19-,20-/m0/s1. The van der Waals surface area contributed by atoms with Crippen molar-refractivity contribution in [3.05, 3.63) is 12.2 Å². The number of aliphatic hydroxyl groups is 1. The average Bonchev–Trinajstić information content (AvgIpc) is 2.69. The van der Waals surface area contributed by atoms with Crippen LogP contribution in [0.25, 0.3) is 0 Å². The van der Waals surface area contributed by atoms with Crippen molar-refractivity contribution < 1.29 is 14.7 Å². The normalized spacial score (nSPS) is 55.3. The largest absolute Gasteiger partial charge is 0.390 e. The van der Waals surface area contributed by atoms with Crippen molar-refractivity contribution in [1.29, 1.82) is 0 Å². The van der Waals surface area contributed by atoms with Gasteiger partial charge in [0.25, 0.3) is 0 Å². The van der Waals surface area contributed by atoms with Crippen molar-refractivity contribution in [1.82, 2.24) is 0 Å². The van der Waals surface area contributed by atoms with Gasteiger partial charge in [0, 0.05) is 24.2 Å². The minimum Gasteiger partial charge on any atom is -0.390 e. The minimum atomic E-state index is -0.728. The van der Waals surface area contributed by atoms with Crippen molar-refractivity contribution in [2.24, 2.45) is 34.5 Å². The Balaban J connectivity index is 1.76. The predicted octanol–water partition coefficient (Wildman–Crippen LogP) is 3.30. The summed E-state index contributed by atoms with van der Waals surface area (Å²) in [6, 6.07) is 0. The van der Waals surface area contributed by atoms with E-state index in [1.807, 2.05) is 13.0 Å². The topological polar surface area (TPSA) is 54.4 Å². The summed E-state index contributed by atoms with van der Waals surface area (Å²) in [4.78, 5) is 25.0. The molecule has 3 heteroatoms. The Morgan fingerprint density at radius 1 is 1.13 bits per heavy atom. The second-order valence-corrected chi connectivity index (χ2v) is 9.27. The number of fused-ring (bicyclic) bond motifs is 5. The highest BCUT2D eigenvalue weighted by Crippen LogP contribution is 2.66. The summed E-state index contributed by atoms with van der Waals surface area (Å²) in [6.07, 6.45) is 8.77. The molecular weight excluding hydrogens is 288 g/mol. The van der Waals surface area contributed by atoms with Crippen LogP contribution in [0.5, 0.6) is 0 Å². The molecule has 3 fully saturated rings. The fraction of sp³-hybridized carbons (Fsp3) is 0.800.